The quantitative estimate of drug-likeness (QED) is 0.355. The first-order valence-corrected chi connectivity index (χ1v) is 11.0. The highest BCUT2D eigenvalue weighted by Gasteiger charge is 2.33. The van der Waals surface area contributed by atoms with E-state index in [0.717, 1.165) is 24.0 Å². The van der Waals surface area contributed by atoms with Gasteiger partial charge >= 0.3 is 0 Å². The second kappa shape index (κ2) is 8.31. The molecule has 0 unspecified atom stereocenters. The predicted octanol–water partition coefficient (Wildman–Crippen LogP) is 6.40. The van der Waals surface area contributed by atoms with Gasteiger partial charge in [0, 0.05) is 46.6 Å². The molecule has 0 spiro atoms. The Morgan fingerprint density at radius 3 is 2.03 bits per heavy atom. The standard InChI is InChI=1S/C26H28N4/c1-3-10-22-20(8-1)24(12-18-28-22)27-17-7-16-26(14-5-6-15-26)30-25-13-19-29-23-11-4-2-9-21(23)25/h1-4,8-13,18-19H,5-7,14-17H2,(H,27,28)(H,29,30). The second-order valence-corrected chi connectivity index (χ2v) is 8.39. The third-order valence-corrected chi connectivity index (χ3v) is 6.41. The van der Waals surface area contributed by atoms with Crippen LogP contribution in [0.1, 0.15) is 38.5 Å². The SMILES string of the molecule is c1ccc2c(NCCCC3(Nc4ccnc5ccccc45)CCCC3)ccnc2c1. The van der Waals surface area contributed by atoms with E-state index in [1.807, 2.05) is 18.5 Å². The van der Waals surface area contributed by atoms with Crippen LogP contribution in [0, 0.1) is 0 Å². The molecule has 5 rings (SSSR count). The predicted molar refractivity (Wildman–Crippen MR) is 126 cm³/mol. The molecule has 0 amide bonds. The Labute approximate surface area is 177 Å². The molecule has 1 saturated carbocycles. The Morgan fingerprint density at radius 2 is 1.33 bits per heavy atom. The summed E-state index contributed by atoms with van der Waals surface area (Å²) in [6.45, 7) is 0.967. The van der Waals surface area contributed by atoms with Crippen LogP contribution in [-0.2, 0) is 0 Å². The van der Waals surface area contributed by atoms with E-state index in [4.69, 9.17) is 0 Å². The van der Waals surface area contributed by atoms with Gasteiger partial charge in [-0.05, 0) is 49.9 Å². The van der Waals surface area contributed by atoms with E-state index in [-0.39, 0.29) is 5.54 Å². The number of nitrogens with zero attached hydrogens (tertiary/aromatic N) is 2. The average Bonchev–Trinajstić information content (AvgIpc) is 3.26. The normalized spacial score (nSPS) is 15.5. The van der Waals surface area contributed by atoms with Crippen LogP contribution in [0.5, 0.6) is 0 Å². The number of hydrogen-bond acceptors (Lipinski definition) is 4. The lowest BCUT2D eigenvalue weighted by Gasteiger charge is -2.32. The van der Waals surface area contributed by atoms with Gasteiger partial charge in [-0.25, -0.2) is 0 Å². The fourth-order valence-electron chi connectivity index (χ4n) is 4.88. The van der Waals surface area contributed by atoms with Gasteiger partial charge in [0.15, 0.2) is 0 Å². The summed E-state index contributed by atoms with van der Waals surface area (Å²) in [6, 6.07) is 20.9. The fourth-order valence-corrected chi connectivity index (χ4v) is 4.88. The van der Waals surface area contributed by atoms with E-state index >= 15 is 0 Å². The number of pyridine rings is 2. The summed E-state index contributed by atoms with van der Waals surface area (Å²) in [4.78, 5) is 8.98. The van der Waals surface area contributed by atoms with Crippen molar-refractivity contribution in [2.45, 2.75) is 44.1 Å². The Balaban J connectivity index is 1.27. The maximum Gasteiger partial charge on any atom is 0.0722 e. The molecular formula is C26H28N4. The number of anilines is 2. The number of hydrogen-bond donors (Lipinski definition) is 2. The lowest BCUT2D eigenvalue weighted by Crippen LogP contribution is -2.35. The number of para-hydroxylation sites is 2. The molecule has 30 heavy (non-hydrogen) atoms. The monoisotopic (exact) mass is 396 g/mol. The van der Waals surface area contributed by atoms with Crippen molar-refractivity contribution >= 4 is 33.2 Å². The third-order valence-electron chi connectivity index (χ3n) is 6.41. The van der Waals surface area contributed by atoms with E-state index in [1.165, 1.54) is 54.3 Å². The van der Waals surface area contributed by atoms with E-state index in [0.29, 0.717) is 0 Å². The van der Waals surface area contributed by atoms with Crippen LogP contribution in [0.3, 0.4) is 0 Å². The minimum Gasteiger partial charge on any atom is -0.384 e. The number of rotatable bonds is 7. The van der Waals surface area contributed by atoms with Gasteiger partial charge in [-0.15, -0.1) is 0 Å². The highest BCUT2D eigenvalue weighted by molar-refractivity contribution is 5.91. The van der Waals surface area contributed by atoms with Crippen molar-refractivity contribution in [2.24, 2.45) is 0 Å². The average molecular weight is 397 g/mol. The summed E-state index contributed by atoms with van der Waals surface area (Å²) in [5.74, 6) is 0. The highest BCUT2D eigenvalue weighted by atomic mass is 15.0. The first-order valence-electron chi connectivity index (χ1n) is 11.0. The summed E-state index contributed by atoms with van der Waals surface area (Å²) in [7, 11) is 0. The Hall–Kier alpha value is -3.14. The molecule has 1 fully saturated rings. The number of benzene rings is 2. The van der Waals surface area contributed by atoms with Crippen LogP contribution in [0.2, 0.25) is 0 Å². The summed E-state index contributed by atoms with van der Waals surface area (Å²) >= 11 is 0. The molecule has 2 heterocycles. The van der Waals surface area contributed by atoms with Crippen LogP contribution in [-0.4, -0.2) is 22.1 Å². The first-order chi connectivity index (χ1) is 14.8. The molecule has 4 aromatic rings. The van der Waals surface area contributed by atoms with Gasteiger partial charge in [-0.2, -0.15) is 0 Å². The smallest absolute Gasteiger partial charge is 0.0722 e. The summed E-state index contributed by atoms with van der Waals surface area (Å²) in [5, 5.41) is 10.00. The van der Waals surface area contributed by atoms with Crippen molar-refractivity contribution in [3.05, 3.63) is 73.1 Å². The number of fused-ring (bicyclic) bond motifs is 2. The van der Waals surface area contributed by atoms with Crippen molar-refractivity contribution in [3.63, 3.8) is 0 Å². The third kappa shape index (κ3) is 3.82. The summed E-state index contributed by atoms with van der Waals surface area (Å²) in [5.41, 5.74) is 4.68. The Kier molecular flexibility index (Phi) is 5.22. The van der Waals surface area contributed by atoms with E-state index in [9.17, 15) is 0 Å². The molecule has 0 aliphatic heterocycles. The molecule has 0 saturated heterocycles. The van der Waals surface area contributed by atoms with Gasteiger partial charge in [0.2, 0.25) is 0 Å². The van der Waals surface area contributed by atoms with E-state index in [1.54, 1.807) is 0 Å². The zero-order chi connectivity index (χ0) is 20.2. The van der Waals surface area contributed by atoms with Gasteiger partial charge in [0.25, 0.3) is 0 Å². The van der Waals surface area contributed by atoms with Crippen molar-refractivity contribution < 1.29 is 0 Å². The zero-order valence-corrected chi connectivity index (χ0v) is 17.3. The van der Waals surface area contributed by atoms with Crippen LogP contribution >= 0.6 is 0 Å². The zero-order valence-electron chi connectivity index (χ0n) is 17.3. The molecule has 0 atom stereocenters. The van der Waals surface area contributed by atoms with Crippen LogP contribution in [0.25, 0.3) is 21.8 Å². The minimum atomic E-state index is 0.187. The molecule has 1 aliphatic carbocycles. The molecule has 2 aromatic carbocycles. The van der Waals surface area contributed by atoms with E-state index < -0.39 is 0 Å². The Morgan fingerprint density at radius 1 is 0.733 bits per heavy atom. The van der Waals surface area contributed by atoms with Gasteiger partial charge in [0.05, 0.1) is 11.0 Å². The summed E-state index contributed by atoms with van der Waals surface area (Å²) < 4.78 is 0. The molecule has 152 valence electrons. The maximum atomic E-state index is 4.52. The van der Waals surface area contributed by atoms with Gasteiger partial charge in [0.1, 0.15) is 0 Å². The van der Waals surface area contributed by atoms with Crippen LogP contribution < -0.4 is 10.6 Å². The van der Waals surface area contributed by atoms with Crippen molar-refractivity contribution in [1.82, 2.24) is 9.97 Å². The largest absolute Gasteiger partial charge is 0.384 e. The molecule has 1 aliphatic rings. The molecular weight excluding hydrogens is 368 g/mol. The van der Waals surface area contributed by atoms with Crippen LogP contribution in [0.4, 0.5) is 11.4 Å². The minimum absolute atomic E-state index is 0.187. The van der Waals surface area contributed by atoms with Crippen molar-refractivity contribution in [1.29, 1.82) is 0 Å². The molecule has 0 radical (unpaired) electrons. The van der Waals surface area contributed by atoms with E-state index in [2.05, 4.69) is 75.2 Å². The Bertz CT molecular complexity index is 1140. The molecule has 4 nitrogen and oxygen atoms in total. The maximum absolute atomic E-state index is 4.52. The molecule has 2 N–H and O–H groups in total. The van der Waals surface area contributed by atoms with Gasteiger partial charge in [-0.3, -0.25) is 9.97 Å². The number of aromatic nitrogens is 2. The topological polar surface area (TPSA) is 49.8 Å². The summed E-state index contributed by atoms with van der Waals surface area (Å²) in [6.07, 6.45) is 11.2. The molecule has 2 aromatic heterocycles. The lowest BCUT2D eigenvalue weighted by atomic mass is 9.90. The first kappa shape index (κ1) is 18.9. The van der Waals surface area contributed by atoms with Crippen molar-refractivity contribution in [2.75, 3.05) is 17.2 Å². The second-order valence-electron chi connectivity index (χ2n) is 8.39. The van der Waals surface area contributed by atoms with Crippen LogP contribution in [0.15, 0.2) is 73.1 Å². The van der Waals surface area contributed by atoms with Gasteiger partial charge in [-0.1, -0.05) is 49.2 Å². The fraction of sp³-hybridized carbons (Fsp3) is 0.308. The lowest BCUT2D eigenvalue weighted by molar-refractivity contribution is 0.435. The molecule has 4 heteroatoms. The van der Waals surface area contributed by atoms with Crippen molar-refractivity contribution in [3.8, 4) is 0 Å². The van der Waals surface area contributed by atoms with Gasteiger partial charge < -0.3 is 10.6 Å². The highest BCUT2D eigenvalue weighted by Crippen LogP contribution is 2.38. The number of nitrogens with one attached hydrogen (secondary N) is 2. The molecule has 0 bridgehead atoms.